The van der Waals surface area contributed by atoms with Gasteiger partial charge in [-0.05, 0) is 42.1 Å². The predicted molar refractivity (Wildman–Crippen MR) is 119 cm³/mol. The number of benzene rings is 2. The lowest BCUT2D eigenvalue weighted by Gasteiger charge is -2.19. The maximum atomic E-state index is 12.8. The van der Waals surface area contributed by atoms with Gasteiger partial charge in [0.1, 0.15) is 12.1 Å². The second-order valence-corrected chi connectivity index (χ2v) is 8.45. The van der Waals surface area contributed by atoms with E-state index in [0.717, 1.165) is 4.90 Å². The van der Waals surface area contributed by atoms with Gasteiger partial charge < -0.3 is 19.5 Å². The van der Waals surface area contributed by atoms with Crippen LogP contribution in [0.15, 0.2) is 58.8 Å². The summed E-state index contributed by atoms with van der Waals surface area (Å²) in [4.78, 5) is 27.7. The van der Waals surface area contributed by atoms with E-state index in [4.69, 9.17) is 16.3 Å². The Kier molecular flexibility index (Phi) is 6.15. The molecule has 1 saturated heterocycles. The molecule has 0 aliphatic carbocycles. The average molecular weight is 458 g/mol. The van der Waals surface area contributed by atoms with Crippen molar-refractivity contribution >= 4 is 46.6 Å². The molecule has 2 heterocycles. The number of rotatable bonds is 6. The lowest BCUT2D eigenvalue weighted by molar-refractivity contribution is -0.122. The molecule has 0 unspecified atom stereocenters. The van der Waals surface area contributed by atoms with Crippen LogP contribution in [0.5, 0.6) is 5.75 Å². The van der Waals surface area contributed by atoms with Gasteiger partial charge in [-0.1, -0.05) is 23.7 Å². The smallest absolute Gasteiger partial charge is 0.229 e. The van der Waals surface area contributed by atoms with Crippen LogP contribution in [-0.4, -0.2) is 40.2 Å². The summed E-state index contributed by atoms with van der Waals surface area (Å²) in [5.74, 6) is -0.211. The van der Waals surface area contributed by atoms with Crippen LogP contribution in [0.3, 0.4) is 0 Å². The van der Waals surface area contributed by atoms with Crippen LogP contribution in [0.1, 0.15) is 6.42 Å². The maximum Gasteiger partial charge on any atom is 0.229 e. The third-order valence-electron chi connectivity index (χ3n) is 4.94. The number of hydrogen-bond acceptors (Lipinski definition) is 6. The third-order valence-corrected chi connectivity index (χ3v) is 6.50. The number of ether oxygens (including phenoxy) is 1. The third kappa shape index (κ3) is 4.52. The Morgan fingerprint density at radius 2 is 2.10 bits per heavy atom. The van der Waals surface area contributed by atoms with Gasteiger partial charge in [-0.2, -0.15) is 0 Å². The molecule has 3 aromatic rings. The van der Waals surface area contributed by atoms with Gasteiger partial charge in [-0.25, -0.2) is 0 Å². The first-order chi connectivity index (χ1) is 15.0. The number of nitrogens with one attached hydrogen (secondary N) is 1. The van der Waals surface area contributed by atoms with E-state index in [1.807, 2.05) is 31.3 Å². The Morgan fingerprint density at radius 1 is 1.29 bits per heavy atom. The standard InChI is InChI=1S/C21H20ClN5O3S/c1-26-12-23-25-21(26)31-18-8-7-14(10-15(18)22)24-20(29)13-9-19(28)27(11-13)16-5-3-4-6-17(16)30-2/h3-8,10,12-13H,9,11H2,1-2H3,(H,24,29)/t13-/m1/s1. The fourth-order valence-corrected chi connectivity index (χ4v) is 4.40. The molecule has 0 spiro atoms. The normalized spacial score (nSPS) is 15.9. The van der Waals surface area contributed by atoms with E-state index in [0.29, 0.717) is 33.8 Å². The van der Waals surface area contributed by atoms with Crippen molar-refractivity contribution in [1.29, 1.82) is 0 Å². The monoisotopic (exact) mass is 457 g/mol. The van der Waals surface area contributed by atoms with Gasteiger partial charge in [-0.3, -0.25) is 9.59 Å². The zero-order valence-corrected chi connectivity index (χ0v) is 18.5. The SMILES string of the molecule is COc1ccccc1N1C[C@H](C(=O)Nc2ccc(Sc3nncn3C)c(Cl)c2)CC1=O. The van der Waals surface area contributed by atoms with Crippen LogP contribution in [0.2, 0.25) is 5.02 Å². The molecule has 1 aromatic heterocycles. The van der Waals surface area contributed by atoms with E-state index in [1.165, 1.54) is 11.8 Å². The van der Waals surface area contributed by atoms with E-state index in [2.05, 4.69) is 15.5 Å². The van der Waals surface area contributed by atoms with Crippen LogP contribution in [0, 0.1) is 5.92 Å². The summed E-state index contributed by atoms with van der Waals surface area (Å²) in [7, 11) is 3.40. The first-order valence-corrected chi connectivity index (χ1v) is 10.7. The molecule has 8 nitrogen and oxygen atoms in total. The summed E-state index contributed by atoms with van der Waals surface area (Å²) in [6, 6.07) is 12.6. The first kappa shape index (κ1) is 21.2. The van der Waals surface area contributed by atoms with Crippen molar-refractivity contribution in [3.05, 3.63) is 53.8 Å². The van der Waals surface area contributed by atoms with Crippen molar-refractivity contribution in [2.24, 2.45) is 13.0 Å². The molecule has 4 rings (SSSR count). The van der Waals surface area contributed by atoms with Crippen LogP contribution < -0.4 is 15.0 Å². The second kappa shape index (κ2) is 8.99. The number of carbonyl (C=O) groups excluding carboxylic acids is 2. The highest BCUT2D eigenvalue weighted by molar-refractivity contribution is 7.99. The van der Waals surface area contributed by atoms with E-state index < -0.39 is 5.92 Å². The second-order valence-electron chi connectivity index (χ2n) is 7.04. The molecule has 1 atom stereocenters. The summed E-state index contributed by atoms with van der Waals surface area (Å²) in [6.45, 7) is 0.291. The molecule has 2 amide bonds. The van der Waals surface area contributed by atoms with Gasteiger partial charge in [0.2, 0.25) is 11.8 Å². The Labute approximate surface area is 188 Å². The van der Waals surface area contributed by atoms with Gasteiger partial charge in [0, 0.05) is 30.6 Å². The van der Waals surface area contributed by atoms with E-state index in [1.54, 1.807) is 41.1 Å². The summed E-state index contributed by atoms with van der Waals surface area (Å²) >= 11 is 7.78. The highest BCUT2D eigenvalue weighted by Crippen LogP contribution is 2.35. The van der Waals surface area contributed by atoms with E-state index >= 15 is 0 Å². The molecule has 1 N–H and O–H groups in total. The fraction of sp³-hybridized carbons (Fsp3) is 0.238. The number of aromatic nitrogens is 3. The van der Waals surface area contributed by atoms with Crippen LogP contribution in [0.4, 0.5) is 11.4 Å². The quantitative estimate of drug-likeness (QED) is 0.608. The van der Waals surface area contributed by atoms with Gasteiger partial charge >= 0.3 is 0 Å². The molecule has 2 aromatic carbocycles. The zero-order valence-electron chi connectivity index (χ0n) is 16.9. The molecule has 1 fully saturated rings. The Morgan fingerprint density at radius 3 is 2.81 bits per heavy atom. The molecule has 31 heavy (non-hydrogen) atoms. The number of nitrogens with zero attached hydrogens (tertiary/aromatic N) is 4. The van der Waals surface area contributed by atoms with Gasteiger partial charge in [0.05, 0.1) is 23.7 Å². The molecule has 0 bridgehead atoms. The minimum Gasteiger partial charge on any atom is -0.495 e. The Hall–Kier alpha value is -3.04. The van der Waals surface area contributed by atoms with Crippen molar-refractivity contribution in [2.45, 2.75) is 16.5 Å². The number of methoxy groups -OCH3 is 1. The number of amides is 2. The van der Waals surface area contributed by atoms with E-state index in [9.17, 15) is 9.59 Å². The number of aryl methyl sites for hydroxylation is 1. The molecular formula is C21H20ClN5O3S. The molecule has 0 radical (unpaired) electrons. The van der Waals surface area contributed by atoms with Crippen LogP contribution >= 0.6 is 23.4 Å². The number of halogens is 1. The van der Waals surface area contributed by atoms with Gasteiger partial charge in [0.25, 0.3) is 0 Å². The number of hydrogen-bond donors (Lipinski definition) is 1. The first-order valence-electron chi connectivity index (χ1n) is 9.52. The maximum absolute atomic E-state index is 12.8. The van der Waals surface area contributed by atoms with Crippen LogP contribution in [-0.2, 0) is 16.6 Å². The fourth-order valence-electron chi connectivity index (χ4n) is 3.34. The topological polar surface area (TPSA) is 89.3 Å². The summed E-state index contributed by atoms with van der Waals surface area (Å²) in [6.07, 6.45) is 1.75. The Balaban J connectivity index is 1.43. The molecule has 1 aliphatic heterocycles. The van der Waals surface area contributed by atoms with Crippen molar-refractivity contribution in [3.63, 3.8) is 0 Å². The lowest BCUT2D eigenvalue weighted by atomic mass is 10.1. The van der Waals surface area contributed by atoms with E-state index in [-0.39, 0.29) is 18.2 Å². The Bertz CT molecular complexity index is 1140. The van der Waals surface area contributed by atoms with Crippen molar-refractivity contribution in [1.82, 2.24) is 14.8 Å². The predicted octanol–water partition coefficient (Wildman–Crippen LogP) is 3.62. The molecule has 0 saturated carbocycles. The van der Waals surface area contributed by atoms with Crippen molar-refractivity contribution < 1.29 is 14.3 Å². The summed E-state index contributed by atoms with van der Waals surface area (Å²) in [5.41, 5.74) is 1.24. The largest absolute Gasteiger partial charge is 0.495 e. The minimum atomic E-state index is -0.469. The number of carbonyl (C=O) groups is 2. The average Bonchev–Trinajstić information content (AvgIpc) is 3.35. The summed E-state index contributed by atoms with van der Waals surface area (Å²) < 4.78 is 7.14. The molecule has 10 heteroatoms. The van der Waals surface area contributed by atoms with Crippen molar-refractivity contribution in [2.75, 3.05) is 23.9 Å². The summed E-state index contributed by atoms with van der Waals surface area (Å²) in [5, 5.41) is 11.9. The highest BCUT2D eigenvalue weighted by Gasteiger charge is 2.36. The van der Waals surface area contributed by atoms with Gasteiger partial charge in [-0.15, -0.1) is 10.2 Å². The lowest BCUT2D eigenvalue weighted by Crippen LogP contribution is -2.28. The van der Waals surface area contributed by atoms with Crippen molar-refractivity contribution in [3.8, 4) is 5.75 Å². The zero-order chi connectivity index (χ0) is 22.0. The molecule has 160 valence electrons. The number of anilines is 2. The number of para-hydroxylation sites is 2. The van der Waals surface area contributed by atoms with Crippen LogP contribution in [0.25, 0.3) is 0 Å². The molecule has 1 aliphatic rings. The minimum absolute atomic E-state index is 0.113. The van der Waals surface area contributed by atoms with Gasteiger partial charge in [0.15, 0.2) is 5.16 Å². The molecular weight excluding hydrogens is 438 g/mol. The highest BCUT2D eigenvalue weighted by atomic mass is 35.5.